The Hall–Kier alpha value is -1.62. The highest BCUT2D eigenvalue weighted by atomic mass is 35.5. The van der Waals surface area contributed by atoms with E-state index in [0.29, 0.717) is 16.3 Å². The predicted molar refractivity (Wildman–Crippen MR) is 83.8 cm³/mol. The highest BCUT2D eigenvalue weighted by Gasteiger charge is 2.18. The van der Waals surface area contributed by atoms with Crippen molar-refractivity contribution in [2.75, 3.05) is 7.11 Å². The number of rotatable bonds is 3. The molecule has 108 valence electrons. The summed E-state index contributed by atoms with van der Waals surface area (Å²) in [5.41, 5.74) is 0.594. The highest BCUT2D eigenvalue weighted by Crippen LogP contribution is 2.37. The van der Waals surface area contributed by atoms with Gasteiger partial charge in [0, 0.05) is 20.2 Å². The second-order valence-corrected chi connectivity index (χ2v) is 6.17. The fraction of sp³-hybridized carbons (Fsp3) is 0.125. The molecule has 0 fully saturated rings. The molecule has 0 bridgehead atoms. The molecule has 3 aromatic rings. The Morgan fingerprint density at radius 3 is 2.76 bits per heavy atom. The Morgan fingerprint density at radius 1 is 1.19 bits per heavy atom. The molecule has 3 rings (SSSR count). The summed E-state index contributed by atoms with van der Waals surface area (Å²) < 4.78 is 19.3. The third-order valence-corrected chi connectivity index (χ3v) is 4.64. The number of hydrogen-bond donors (Lipinski definition) is 1. The summed E-state index contributed by atoms with van der Waals surface area (Å²) in [5, 5.41) is 12.0. The van der Waals surface area contributed by atoms with Gasteiger partial charge in [0.15, 0.2) is 0 Å². The van der Waals surface area contributed by atoms with Crippen molar-refractivity contribution < 1.29 is 14.2 Å². The van der Waals surface area contributed by atoms with Crippen molar-refractivity contribution in [3.8, 4) is 5.75 Å². The van der Waals surface area contributed by atoms with E-state index in [1.165, 1.54) is 23.5 Å². The number of aliphatic hydroxyl groups is 1. The molecule has 0 amide bonds. The molecule has 0 spiro atoms. The Balaban J connectivity index is 2.07. The maximum atomic E-state index is 13.2. The van der Waals surface area contributed by atoms with Crippen LogP contribution in [-0.2, 0) is 0 Å². The molecule has 0 aliphatic carbocycles. The normalized spacial score (nSPS) is 12.6. The molecule has 1 aromatic heterocycles. The first-order valence-corrected chi connectivity index (χ1v) is 7.48. The summed E-state index contributed by atoms with van der Waals surface area (Å²) in [5.74, 6) is 0.279. The van der Waals surface area contributed by atoms with Crippen molar-refractivity contribution in [3.05, 3.63) is 63.7 Å². The fourth-order valence-electron chi connectivity index (χ4n) is 2.23. The molecule has 0 radical (unpaired) electrons. The summed E-state index contributed by atoms with van der Waals surface area (Å²) in [6.45, 7) is 0. The lowest BCUT2D eigenvalue weighted by Crippen LogP contribution is -2.00. The first kappa shape index (κ1) is 14.3. The fourth-order valence-corrected chi connectivity index (χ4v) is 3.51. The van der Waals surface area contributed by atoms with Crippen LogP contribution in [0.3, 0.4) is 0 Å². The summed E-state index contributed by atoms with van der Waals surface area (Å²) in [4.78, 5) is 0.719. The Morgan fingerprint density at radius 2 is 2.00 bits per heavy atom. The largest absolute Gasteiger partial charge is 0.496 e. The van der Waals surface area contributed by atoms with Crippen LogP contribution in [0.15, 0.2) is 42.5 Å². The Bertz CT molecular complexity index is 800. The van der Waals surface area contributed by atoms with Crippen LogP contribution in [0.5, 0.6) is 5.75 Å². The molecule has 21 heavy (non-hydrogen) atoms. The summed E-state index contributed by atoms with van der Waals surface area (Å²) in [6.07, 6.45) is -0.862. The second-order valence-electron chi connectivity index (χ2n) is 4.62. The third kappa shape index (κ3) is 2.75. The quantitative estimate of drug-likeness (QED) is 0.751. The predicted octanol–water partition coefficient (Wildman–Crippen LogP) is 4.78. The molecule has 1 atom stereocenters. The van der Waals surface area contributed by atoms with E-state index in [0.717, 1.165) is 15.0 Å². The van der Waals surface area contributed by atoms with Crippen LogP contribution in [0.4, 0.5) is 4.39 Å². The average molecular weight is 323 g/mol. The van der Waals surface area contributed by atoms with E-state index in [-0.39, 0.29) is 5.82 Å². The molecule has 1 unspecified atom stereocenters. The van der Waals surface area contributed by atoms with E-state index in [9.17, 15) is 9.50 Å². The van der Waals surface area contributed by atoms with Crippen LogP contribution in [0, 0.1) is 5.82 Å². The number of benzene rings is 2. The Labute approximate surface area is 130 Å². The SMILES string of the molecule is COc1ccc(Cl)cc1C(O)c1cc2ccc(F)cc2s1. The minimum absolute atomic E-state index is 0.286. The van der Waals surface area contributed by atoms with E-state index in [2.05, 4.69) is 0 Å². The number of ether oxygens (including phenoxy) is 1. The van der Waals surface area contributed by atoms with Gasteiger partial charge in [0.05, 0.1) is 7.11 Å². The molecular weight excluding hydrogens is 311 g/mol. The van der Waals surface area contributed by atoms with E-state index in [1.807, 2.05) is 6.07 Å². The van der Waals surface area contributed by atoms with Crippen LogP contribution in [0.2, 0.25) is 5.02 Å². The van der Waals surface area contributed by atoms with Crippen LogP contribution < -0.4 is 4.74 Å². The number of halogens is 2. The maximum Gasteiger partial charge on any atom is 0.125 e. The van der Waals surface area contributed by atoms with Gasteiger partial charge in [-0.25, -0.2) is 4.39 Å². The second kappa shape index (κ2) is 5.64. The van der Waals surface area contributed by atoms with E-state index in [1.54, 1.807) is 31.4 Å². The molecule has 0 saturated carbocycles. The molecule has 0 aliphatic heterocycles. The van der Waals surface area contributed by atoms with Crippen LogP contribution in [0.1, 0.15) is 16.5 Å². The molecule has 1 N–H and O–H groups in total. The van der Waals surface area contributed by atoms with Gasteiger partial charge in [-0.15, -0.1) is 11.3 Å². The summed E-state index contributed by atoms with van der Waals surface area (Å²) in [7, 11) is 1.54. The van der Waals surface area contributed by atoms with E-state index < -0.39 is 6.10 Å². The lowest BCUT2D eigenvalue weighted by molar-refractivity contribution is 0.218. The van der Waals surface area contributed by atoms with Crippen LogP contribution in [-0.4, -0.2) is 12.2 Å². The molecule has 0 aliphatic rings. The van der Waals surface area contributed by atoms with Gasteiger partial charge in [-0.1, -0.05) is 17.7 Å². The minimum atomic E-state index is -0.862. The van der Waals surface area contributed by atoms with Gasteiger partial charge in [0.25, 0.3) is 0 Å². The lowest BCUT2D eigenvalue weighted by atomic mass is 10.1. The van der Waals surface area contributed by atoms with Gasteiger partial charge in [-0.2, -0.15) is 0 Å². The first-order chi connectivity index (χ1) is 10.1. The monoisotopic (exact) mass is 322 g/mol. The van der Waals surface area contributed by atoms with Gasteiger partial charge < -0.3 is 9.84 Å². The van der Waals surface area contributed by atoms with E-state index >= 15 is 0 Å². The maximum absolute atomic E-state index is 13.2. The summed E-state index contributed by atoms with van der Waals surface area (Å²) >= 11 is 7.34. The first-order valence-electron chi connectivity index (χ1n) is 6.29. The van der Waals surface area contributed by atoms with Gasteiger partial charge in [-0.3, -0.25) is 0 Å². The zero-order valence-corrected chi connectivity index (χ0v) is 12.7. The number of aliphatic hydroxyl groups excluding tert-OH is 1. The van der Waals surface area contributed by atoms with Crippen LogP contribution >= 0.6 is 22.9 Å². The number of hydrogen-bond acceptors (Lipinski definition) is 3. The van der Waals surface area contributed by atoms with Crippen molar-refractivity contribution in [3.63, 3.8) is 0 Å². The Kier molecular flexibility index (Phi) is 3.85. The molecule has 1 heterocycles. The van der Waals surface area contributed by atoms with Gasteiger partial charge in [0.2, 0.25) is 0 Å². The van der Waals surface area contributed by atoms with Gasteiger partial charge >= 0.3 is 0 Å². The molecule has 2 nitrogen and oxygen atoms in total. The van der Waals surface area contributed by atoms with E-state index in [4.69, 9.17) is 16.3 Å². The smallest absolute Gasteiger partial charge is 0.125 e. The zero-order chi connectivity index (χ0) is 15.0. The average Bonchev–Trinajstić information content (AvgIpc) is 2.89. The topological polar surface area (TPSA) is 29.5 Å². The molecule has 2 aromatic carbocycles. The molecular formula is C16H12ClFO2S. The third-order valence-electron chi connectivity index (χ3n) is 3.26. The molecule has 5 heteroatoms. The highest BCUT2D eigenvalue weighted by molar-refractivity contribution is 7.19. The summed E-state index contributed by atoms with van der Waals surface area (Å²) in [6, 6.07) is 11.5. The number of fused-ring (bicyclic) bond motifs is 1. The number of methoxy groups -OCH3 is 1. The zero-order valence-electron chi connectivity index (χ0n) is 11.1. The van der Waals surface area contributed by atoms with Crippen LogP contribution in [0.25, 0.3) is 10.1 Å². The minimum Gasteiger partial charge on any atom is -0.496 e. The van der Waals surface area contributed by atoms with Crippen molar-refractivity contribution in [1.82, 2.24) is 0 Å². The standard InChI is InChI=1S/C16H12ClFO2S/c1-20-13-5-3-10(17)7-12(13)16(19)15-6-9-2-4-11(18)8-14(9)21-15/h2-8,16,19H,1H3. The molecule has 0 saturated heterocycles. The lowest BCUT2D eigenvalue weighted by Gasteiger charge is -2.13. The van der Waals surface area contributed by atoms with Crippen molar-refractivity contribution in [1.29, 1.82) is 0 Å². The van der Waals surface area contributed by atoms with Crippen molar-refractivity contribution in [2.24, 2.45) is 0 Å². The van der Waals surface area contributed by atoms with Crippen molar-refractivity contribution >= 4 is 33.0 Å². The van der Waals surface area contributed by atoms with Crippen molar-refractivity contribution in [2.45, 2.75) is 6.10 Å². The number of thiophene rings is 1. The van der Waals surface area contributed by atoms with Gasteiger partial charge in [-0.05, 0) is 41.8 Å². The van der Waals surface area contributed by atoms with Gasteiger partial charge in [0.1, 0.15) is 17.7 Å².